The van der Waals surface area contributed by atoms with Gasteiger partial charge < -0.3 is 61.5 Å². The zero-order chi connectivity index (χ0) is 88.6. The number of nitrogens with one attached hydrogen (secondary N) is 12. The number of halogens is 4. The van der Waals surface area contributed by atoms with E-state index in [0.29, 0.717) is 112 Å². The number of methoxy groups -OCH3 is 4. The molecule has 4 heterocycles. The van der Waals surface area contributed by atoms with Crippen LogP contribution in [0.25, 0.3) is 92.2 Å². The lowest BCUT2D eigenvalue weighted by Crippen LogP contribution is -2.44. The molecule has 0 aliphatic heterocycles. The van der Waals surface area contributed by atoms with Gasteiger partial charge in [-0.05, 0) is 201 Å². The Labute approximate surface area is 722 Å². The van der Waals surface area contributed by atoms with E-state index in [0.717, 1.165) is 106 Å². The summed E-state index contributed by atoms with van der Waals surface area (Å²) in [5, 5.41) is 53.7. The minimum Gasteiger partial charge on any atom is -0.495 e. The Morgan fingerprint density at radius 1 is 0.294 bits per heavy atom. The Morgan fingerprint density at radius 3 is 0.714 bits per heavy atom. The van der Waals surface area contributed by atoms with Crippen LogP contribution in [0.4, 0.5) is 17.6 Å². The van der Waals surface area contributed by atoms with Crippen LogP contribution in [0.5, 0.6) is 23.0 Å². The highest BCUT2D eigenvalue weighted by atomic mass is 19.1. The number of rotatable bonds is 28. The summed E-state index contributed by atoms with van der Waals surface area (Å²) in [6.07, 6.45) is 29.1. The lowest BCUT2D eigenvalue weighted by Gasteiger charge is -2.26. The number of carbonyl (C=O) groups excluding carboxylic acids is 8. The SMILES string of the molecule is COc1c(C(=O)NCC(=O)NC2CC2)ccc2n[nH]c(/C=C/c3ccc(F)cc3)c12.COc1c(C(=O)NCC(=O)NC2CCC2)ccc2n[nH]c(/C=C/c3ccc(F)cc3)c12.COc1c(C(=O)NCC(=O)NC2CCCC2)ccc2n[nH]c(/C=C/c3ccc(F)cc3)c12.COc1c(C(=O)NCC(=O)NC2CCCCC2)ccc2n[nH]c(/C=C/c3ccc(F)cc3)c12. The van der Waals surface area contributed by atoms with Gasteiger partial charge in [0.1, 0.15) is 46.3 Å². The predicted octanol–water partition coefficient (Wildman–Crippen LogP) is 13.9. The molecule has 652 valence electrons. The van der Waals surface area contributed by atoms with E-state index in [1.54, 1.807) is 127 Å². The quantitative estimate of drug-likeness (QED) is 0.0203. The smallest absolute Gasteiger partial charge is 0.255 e. The van der Waals surface area contributed by atoms with Gasteiger partial charge in [0.2, 0.25) is 23.6 Å². The first-order chi connectivity index (χ1) is 61.2. The van der Waals surface area contributed by atoms with E-state index in [-0.39, 0.29) is 97.2 Å². The molecule has 4 aliphatic carbocycles. The maximum atomic E-state index is 13.1. The van der Waals surface area contributed by atoms with Gasteiger partial charge in [0.05, 0.1) is 143 Å². The van der Waals surface area contributed by atoms with Crippen molar-refractivity contribution in [2.75, 3.05) is 54.6 Å². The minimum atomic E-state index is -0.408. The Morgan fingerprint density at radius 2 is 0.508 bits per heavy atom. The van der Waals surface area contributed by atoms with Crippen molar-refractivity contribution in [1.29, 1.82) is 0 Å². The molecule has 0 spiro atoms. The highest BCUT2D eigenvalue weighted by molar-refractivity contribution is 6.10. The van der Waals surface area contributed by atoms with Gasteiger partial charge in [0.15, 0.2) is 0 Å². The molecule has 4 aromatic heterocycles. The maximum Gasteiger partial charge on any atom is 0.255 e. The van der Waals surface area contributed by atoms with Gasteiger partial charge in [-0.25, -0.2) is 17.6 Å². The van der Waals surface area contributed by atoms with Crippen LogP contribution in [0.15, 0.2) is 146 Å². The van der Waals surface area contributed by atoms with E-state index >= 15 is 0 Å². The topological polar surface area (TPSA) is 384 Å². The molecule has 0 unspecified atom stereocenters. The second kappa shape index (κ2) is 42.9. The monoisotopic (exact) mass is 1720 g/mol. The van der Waals surface area contributed by atoms with Crippen LogP contribution in [0.3, 0.4) is 0 Å². The fourth-order valence-corrected chi connectivity index (χ4v) is 14.7. The molecule has 28 nitrogen and oxygen atoms in total. The summed E-state index contributed by atoms with van der Waals surface area (Å²) in [5.41, 5.74) is 9.63. The van der Waals surface area contributed by atoms with E-state index in [2.05, 4.69) is 83.3 Å². The van der Waals surface area contributed by atoms with Crippen LogP contribution in [0, 0.1) is 23.3 Å². The largest absolute Gasteiger partial charge is 0.495 e. The van der Waals surface area contributed by atoms with Gasteiger partial charge >= 0.3 is 0 Å². The molecule has 0 radical (unpaired) electrons. The van der Waals surface area contributed by atoms with E-state index in [1.807, 2.05) is 18.2 Å². The molecule has 12 N–H and O–H groups in total. The third-order valence-electron chi connectivity index (χ3n) is 21.6. The number of fused-ring (bicyclic) bond motifs is 4. The number of nitrogens with zero attached hydrogens (tertiary/aromatic N) is 4. The Bertz CT molecular complexity index is 6020. The van der Waals surface area contributed by atoms with Gasteiger partial charge in [-0.15, -0.1) is 0 Å². The summed E-state index contributed by atoms with van der Waals surface area (Å²) in [5.74, 6) is -2.18. The Kier molecular flexibility index (Phi) is 30.3. The van der Waals surface area contributed by atoms with Crippen LogP contribution in [-0.4, -0.2) is 167 Å². The summed E-state index contributed by atoms with van der Waals surface area (Å²) in [6.45, 7) is -0.392. The third kappa shape index (κ3) is 23.5. The zero-order valence-electron chi connectivity index (χ0n) is 69.7. The number of hydrogen-bond acceptors (Lipinski definition) is 16. The first kappa shape index (κ1) is 89.0. The maximum absolute atomic E-state index is 13.1. The van der Waals surface area contributed by atoms with Crippen molar-refractivity contribution >= 4 is 139 Å². The number of benzene rings is 8. The number of aromatic nitrogens is 8. The van der Waals surface area contributed by atoms with E-state index in [1.165, 1.54) is 83.4 Å². The second-order valence-electron chi connectivity index (χ2n) is 30.5. The molecule has 32 heteroatoms. The summed E-state index contributed by atoms with van der Waals surface area (Å²) < 4.78 is 74.6. The Balaban J connectivity index is 0.000000144. The van der Waals surface area contributed by atoms with Gasteiger partial charge in [0, 0.05) is 24.2 Å². The molecule has 0 atom stereocenters. The Hall–Kier alpha value is -14.7. The van der Waals surface area contributed by atoms with Crippen LogP contribution in [0.1, 0.15) is 176 Å². The molecule has 4 fully saturated rings. The first-order valence-electron chi connectivity index (χ1n) is 41.4. The van der Waals surface area contributed by atoms with E-state index in [4.69, 9.17) is 18.9 Å². The van der Waals surface area contributed by atoms with Crippen molar-refractivity contribution in [1.82, 2.24) is 83.3 Å². The van der Waals surface area contributed by atoms with E-state index < -0.39 is 23.6 Å². The van der Waals surface area contributed by atoms with Gasteiger partial charge in [-0.2, -0.15) is 20.4 Å². The van der Waals surface area contributed by atoms with Crippen molar-refractivity contribution in [3.63, 3.8) is 0 Å². The van der Waals surface area contributed by atoms with Crippen molar-refractivity contribution in [3.8, 4) is 23.0 Å². The average molecular weight is 1720 g/mol. The number of aromatic amines is 4. The molecular weight excluding hydrogens is 1620 g/mol. The van der Waals surface area contributed by atoms with Crippen LogP contribution in [-0.2, 0) is 19.2 Å². The van der Waals surface area contributed by atoms with Crippen molar-refractivity contribution in [2.24, 2.45) is 0 Å². The standard InChI is InChI=1S/C25H27FN4O3.C24H25FN4O3.C23H23FN4O3.C22H21FN4O3/c1-33-24-19(25(32)27-15-22(31)28-18-5-3-2-4-6-18)12-14-21-23(24)20(29-30-21)13-9-16-7-10-17(26)11-8-16;1-32-23-18(24(31)26-14-21(30)27-17-4-2-3-5-17)11-13-20-22(23)19(28-29-20)12-8-15-6-9-16(25)10-7-15;1-31-22-17(23(30)25-13-20(29)26-16-3-2-4-16)10-12-19-21(22)18(27-28-19)11-7-14-5-8-15(24)9-6-14;1-30-21-16(22(29)24-12-19(28)25-15-7-8-15)9-11-18-20(21)17(26-27-18)10-4-13-2-5-14(23)6-3-13/h7-14,18H,2-6,15H2,1H3,(H,27,32)(H,28,31)(H,29,30);6-13,17H,2-5,14H2,1H3,(H,26,31)(H,27,30)(H,28,29);5-12,16H,2-4,13H2,1H3,(H,25,30)(H,26,29)(H,27,28);2-6,9-11,15H,7-8,12H2,1H3,(H,24,29)(H,25,28)(H,26,27)/b13-9+;12-8+;11-7+;10-4+. The lowest BCUT2D eigenvalue weighted by molar-refractivity contribution is -0.122. The van der Waals surface area contributed by atoms with Crippen LogP contribution < -0.4 is 61.5 Å². The number of H-pyrrole nitrogens is 4. The molecule has 0 bridgehead atoms. The molecular formula is C94H96F4N16O12. The number of amides is 8. The average Bonchev–Trinajstić information content (AvgIpc) is 1.62. The summed E-state index contributed by atoms with van der Waals surface area (Å²) in [6, 6.07) is 38.6. The van der Waals surface area contributed by atoms with Crippen molar-refractivity contribution in [2.45, 2.75) is 114 Å². The number of carbonyl (C=O) groups is 8. The van der Waals surface area contributed by atoms with Gasteiger partial charge in [-0.1, -0.05) is 105 Å². The molecule has 8 amide bonds. The molecule has 8 aromatic carbocycles. The fourth-order valence-electron chi connectivity index (χ4n) is 14.7. The van der Waals surface area contributed by atoms with Crippen molar-refractivity contribution < 1.29 is 74.9 Å². The van der Waals surface area contributed by atoms with Crippen LogP contribution >= 0.6 is 0 Å². The third-order valence-corrected chi connectivity index (χ3v) is 21.6. The van der Waals surface area contributed by atoms with E-state index in [9.17, 15) is 55.9 Å². The minimum absolute atomic E-state index is 0.0980. The second-order valence-corrected chi connectivity index (χ2v) is 30.5. The van der Waals surface area contributed by atoms with Gasteiger partial charge in [-0.3, -0.25) is 58.8 Å². The summed E-state index contributed by atoms with van der Waals surface area (Å²) in [4.78, 5) is 99.3. The predicted molar refractivity (Wildman–Crippen MR) is 474 cm³/mol. The lowest BCUT2D eigenvalue weighted by atomic mass is 9.93. The first-order valence-corrected chi connectivity index (χ1v) is 41.4. The highest BCUT2D eigenvalue weighted by Gasteiger charge is 2.28. The molecule has 0 saturated heterocycles. The number of hydrogen-bond donors (Lipinski definition) is 12. The van der Waals surface area contributed by atoms with Crippen LogP contribution in [0.2, 0.25) is 0 Å². The summed E-state index contributed by atoms with van der Waals surface area (Å²) >= 11 is 0. The normalized spacial score (nSPS) is 14.0. The molecule has 4 aliphatic rings. The summed E-state index contributed by atoms with van der Waals surface area (Å²) in [7, 11) is 5.93. The van der Waals surface area contributed by atoms with Gasteiger partial charge in [0.25, 0.3) is 23.6 Å². The molecule has 16 rings (SSSR count). The molecule has 12 aromatic rings. The highest BCUT2D eigenvalue weighted by Crippen LogP contribution is 2.37. The molecule has 4 saturated carbocycles. The fraction of sp³-hybridized carbons (Fsp3) is 0.277. The zero-order valence-corrected chi connectivity index (χ0v) is 69.7. The molecule has 126 heavy (non-hydrogen) atoms. The number of ether oxygens (including phenoxy) is 4. The van der Waals surface area contributed by atoms with Crippen molar-refractivity contribution in [3.05, 3.63) is 236 Å².